The lowest BCUT2D eigenvalue weighted by atomic mass is 10.1. The van der Waals surface area contributed by atoms with E-state index in [-0.39, 0.29) is 23.4 Å². The van der Waals surface area contributed by atoms with Crippen LogP contribution in [0.5, 0.6) is 0 Å². The number of nitrogens with zero attached hydrogens (tertiary/aromatic N) is 2. The summed E-state index contributed by atoms with van der Waals surface area (Å²) >= 11 is 0. The van der Waals surface area contributed by atoms with Crippen LogP contribution in [0.3, 0.4) is 0 Å². The number of hydrogen-bond acceptors (Lipinski definition) is 3. The Balaban J connectivity index is 1.79. The van der Waals surface area contributed by atoms with Gasteiger partial charge < -0.3 is 5.32 Å². The van der Waals surface area contributed by atoms with Gasteiger partial charge in [-0.05, 0) is 30.7 Å². The second kappa shape index (κ2) is 10.1. The summed E-state index contributed by atoms with van der Waals surface area (Å²) in [7, 11) is 0. The lowest BCUT2D eigenvalue weighted by Crippen LogP contribution is -2.31. The molecule has 3 rings (SSSR count). The van der Waals surface area contributed by atoms with Crippen molar-refractivity contribution >= 4 is 16.7 Å². The normalized spacial score (nSPS) is 11.1. The quantitative estimate of drug-likeness (QED) is 0.456. The first-order valence-electron chi connectivity index (χ1n) is 10.3. The number of halogens is 3. The maximum Gasteiger partial charge on any atom is 0.416 e. The molecule has 0 spiro atoms. The number of unbranched alkanes of at least 4 members (excludes halogenated alkanes) is 2. The fourth-order valence-corrected chi connectivity index (χ4v) is 3.19. The molecule has 1 aromatic heterocycles. The monoisotopic (exact) mass is 441 g/mol. The van der Waals surface area contributed by atoms with Crippen molar-refractivity contribution in [2.24, 2.45) is 0 Å². The Labute approximate surface area is 183 Å². The number of carbonyl (C=O) groups is 1. The van der Waals surface area contributed by atoms with E-state index in [0.717, 1.165) is 31.4 Å². The maximum atomic E-state index is 12.8. The first-order valence-corrected chi connectivity index (χ1v) is 10.3. The Morgan fingerprint density at radius 1 is 1.09 bits per heavy atom. The maximum absolute atomic E-state index is 12.8. The lowest BCUT2D eigenvalue weighted by Gasteiger charge is -2.10. The van der Waals surface area contributed by atoms with Crippen LogP contribution in [0.4, 0.5) is 13.2 Å². The van der Waals surface area contributed by atoms with Crippen molar-refractivity contribution in [2.45, 2.75) is 38.9 Å². The Hall–Kier alpha value is -3.60. The second-order valence-corrected chi connectivity index (χ2v) is 7.19. The molecule has 3 aromatic rings. The van der Waals surface area contributed by atoms with Gasteiger partial charge in [0.2, 0.25) is 0 Å². The van der Waals surface area contributed by atoms with E-state index in [4.69, 9.17) is 0 Å². The molecule has 0 fully saturated rings. The molecule has 0 unspecified atom stereocenters. The number of fused-ring (bicyclic) bond motifs is 1. The van der Waals surface area contributed by atoms with E-state index in [1.165, 1.54) is 16.8 Å². The van der Waals surface area contributed by atoms with E-state index in [9.17, 15) is 22.8 Å². The topological polar surface area (TPSA) is 64.0 Å². The standard InChI is InChI=1S/C24H22F3N3O2/c1-2-3-6-15-30-23(32)20-13-5-4-12-19(20)21(29-30)22(31)28-14-8-10-17-9-7-11-18(16-17)24(25,26)27/h4-5,7,9,11-13,16H,2-3,6,14-15H2,1H3,(H,28,31). The largest absolute Gasteiger partial charge is 0.416 e. The molecule has 32 heavy (non-hydrogen) atoms. The van der Waals surface area contributed by atoms with Gasteiger partial charge >= 0.3 is 6.18 Å². The minimum Gasteiger partial charge on any atom is -0.340 e. The van der Waals surface area contributed by atoms with Crippen LogP contribution < -0.4 is 10.9 Å². The Kier molecular flexibility index (Phi) is 7.31. The highest BCUT2D eigenvalue weighted by Gasteiger charge is 2.30. The van der Waals surface area contributed by atoms with Crippen molar-refractivity contribution < 1.29 is 18.0 Å². The molecular formula is C24H22F3N3O2. The summed E-state index contributed by atoms with van der Waals surface area (Å²) in [6.45, 7) is 2.38. The number of aryl methyl sites for hydroxylation is 1. The van der Waals surface area contributed by atoms with Crippen LogP contribution in [0.25, 0.3) is 10.8 Å². The van der Waals surface area contributed by atoms with Gasteiger partial charge in [0.15, 0.2) is 5.69 Å². The van der Waals surface area contributed by atoms with Gasteiger partial charge in [0.25, 0.3) is 11.5 Å². The number of amides is 1. The van der Waals surface area contributed by atoms with Gasteiger partial charge in [-0.3, -0.25) is 9.59 Å². The SMILES string of the molecule is CCCCCn1nc(C(=O)NCC#Cc2cccc(C(F)(F)F)c2)c2ccccc2c1=O. The molecular weight excluding hydrogens is 419 g/mol. The highest BCUT2D eigenvalue weighted by Crippen LogP contribution is 2.29. The third kappa shape index (κ3) is 5.55. The van der Waals surface area contributed by atoms with E-state index >= 15 is 0 Å². The molecule has 0 bridgehead atoms. The zero-order valence-corrected chi connectivity index (χ0v) is 17.5. The fraction of sp³-hybridized carbons (Fsp3) is 0.292. The summed E-state index contributed by atoms with van der Waals surface area (Å²) in [5.41, 5.74) is -0.730. The van der Waals surface area contributed by atoms with Crippen molar-refractivity contribution in [2.75, 3.05) is 6.54 Å². The number of carbonyl (C=O) groups excluding carboxylic acids is 1. The second-order valence-electron chi connectivity index (χ2n) is 7.19. The Bertz CT molecular complexity index is 1240. The molecule has 0 saturated carbocycles. The van der Waals surface area contributed by atoms with E-state index < -0.39 is 17.6 Å². The molecule has 2 aromatic carbocycles. The predicted molar refractivity (Wildman–Crippen MR) is 116 cm³/mol. The van der Waals surface area contributed by atoms with Gasteiger partial charge in [0.1, 0.15) is 0 Å². The number of nitrogens with one attached hydrogen (secondary N) is 1. The molecule has 166 valence electrons. The zero-order valence-electron chi connectivity index (χ0n) is 17.5. The minimum absolute atomic E-state index is 0.0833. The summed E-state index contributed by atoms with van der Waals surface area (Å²) in [5.74, 6) is 4.76. The van der Waals surface area contributed by atoms with Crippen LogP contribution >= 0.6 is 0 Å². The van der Waals surface area contributed by atoms with Gasteiger partial charge in [-0.15, -0.1) is 0 Å². The van der Waals surface area contributed by atoms with Crippen LogP contribution in [0, 0.1) is 11.8 Å². The molecule has 5 nitrogen and oxygen atoms in total. The third-order valence-electron chi connectivity index (χ3n) is 4.82. The number of aromatic nitrogens is 2. The highest BCUT2D eigenvalue weighted by molar-refractivity contribution is 6.04. The van der Waals surface area contributed by atoms with E-state index in [1.807, 2.05) is 0 Å². The number of benzene rings is 2. The third-order valence-corrected chi connectivity index (χ3v) is 4.82. The summed E-state index contributed by atoms with van der Waals surface area (Å²) < 4.78 is 39.7. The molecule has 1 amide bonds. The van der Waals surface area contributed by atoms with Gasteiger partial charge in [-0.2, -0.15) is 18.3 Å². The van der Waals surface area contributed by atoms with E-state index in [0.29, 0.717) is 17.3 Å². The lowest BCUT2D eigenvalue weighted by molar-refractivity contribution is -0.137. The summed E-state index contributed by atoms with van der Waals surface area (Å²) in [6, 6.07) is 11.4. The molecule has 1 heterocycles. The Morgan fingerprint density at radius 2 is 1.84 bits per heavy atom. The fourth-order valence-electron chi connectivity index (χ4n) is 3.19. The highest BCUT2D eigenvalue weighted by atomic mass is 19.4. The molecule has 1 N–H and O–H groups in total. The van der Waals surface area contributed by atoms with Crippen molar-refractivity contribution in [1.29, 1.82) is 0 Å². The first-order chi connectivity index (χ1) is 15.3. The zero-order chi connectivity index (χ0) is 23.1. The molecule has 0 aliphatic heterocycles. The van der Waals surface area contributed by atoms with Gasteiger partial charge in [0.05, 0.1) is 17.5 Å². The Morgan fingerprint density at radius 3 is 2.56 bits per heavy atom. The van der Waals surface area contributed by atoms with Gasteiger partial charge in [-0.25, -0.2) is 4.68 Å². The number of hydrogen-bond donors (Lipinski definition) is 1. The minimum atomic E-state index is -4.45. The number of alkyl halides is 3. The van der Waals surface area contributed by atoms with E-state index in [1.54, 1.807) is 24.3 Å². The van der Waals surface area contributed by atoms with Gasteiger partial charge in [0, 0.05) is 17.5 Å². The molecule has 0 radical (unpaired) electrons. The molecule has 0 aliphatic carbocycles. The first kappa shape index (κ1) is 23.1. The van der Waals surface area contributed by atoms with E-state index in [2.05, 4.69) is 29.2 Å². The van der Waals surface area contributed by atoms with Crippen LogP contribution in [0.1, 0.15) is 47.8 Å². The van der Waals surface area contributed by atoms with Crippen molar-refractivity contribution in [3.05, 3.63) is 75.7 Å². The summed E-state index contributed by atoms with van der Waals surface area (Å²) in [5, 5.41) is 7.71. The molecule has 0 atom stereocenters. The van der Waals surface area contributed by atoms with Crippen molar-refractivity contribution in [3.63, 3.8) is 0 Å². The average Bonchev–Trinajstić information content (AvgIpc) is 2.78. The van der Waals surface area contributed by atoms with Crippen LogP contribution in [0.2, 0.25) is 0 Å². The molecule has 0 aliphatic rings. The predicted octanol–water partition coefficient (Wildman–Crippen LogP) is 4.39. The smallest absolute Gasteiger partial charge is 0.340 e. The van der Waals surface area contributed by atoms with Gasteiger partial charge in [-0.1, -0.05) is 55.9 Å². The van der Waals surface area contributed by atoms with Crippen molar-refractivity contribution in [3.8, 4) is 11.8 Å². The summed E-state index contributed by atoms with van der Waals surface area (Å²) in [6.07, 6.45) is -1.75. The molecule has 0 saturated heterocycles. The summed E-state index contributed by atoms with van der Waals surface area (Å²) in [4.78, 5) is 25.4. The number of rotatable bonds is 6. The molecule has 8 heteroatoms. The van der Waals surface area contributed by atoms with Crippen LogP contribution in [0.15, 0.2) is 53.3 Å². The van der Waals surface area contributed by atoms with Crippen LogP contribution in [-0.4, -0.2) is 22.2 Å². The van der Waals surface area contributed by atoms with Crippen LogP contribution in [-0.2, 0) is 12.7 Å². The average molecular weight is 441 g/mol. The van der Waals surface area contributed by atoms with Crippen molar-refractivity contribution in [1.82, 2.24) is 15.1 Å².